The lowest BCUT2D eigenvalue weighted by Crippen LogP contribution is -2.20. The Bertz CT molecular complexity index is 634. The van der Waals surface area contributed by atoms with Crippen LogP contribution < -0.4 is 9.64 Å². The van der Waals surface area contributed by atoms with E-state index < -0.39 is 0 Å². The first-order valence-corrected chi connectivity index (χ1v) is 7.09. The quantitative estimate of drug-likeness (QED) is 0.801. The number of rotatable bonds is 4. The Balaban J connectivity index is 2.08. The van der Waals surface area contributed by atoms with Gasteiger partial charge in [0.2, 0.25) is 0 Å². The fraction of sp³-hybridized carbons (Fsp3) is 0.375. The monoisotopic (exact) mass is 270 g/mol. The second kappa shape index (κ2) is 5.49. The minimum absolute atomic E-state index is 0.630. The van der Waals surface area contributed by atoms with Crippen molar-refractivity contribution >= 4 is 23.0 Å². The summed E-state index contributed by atoms with van der Waals surface area (Å²) in [5, 5.41) is 0.945. The van der Waals surface area contributed by atoms with E-state index >= 15 is 0 Å². The number of hydrogen-bond donors (Lipinski definition) is 0. The van der Waals surface area contributed by atoms with Crippen LogP contribution in [-0.4, -0.2) is 31.0 Å². The molecule has 0 atom stereocenters. The molecule has 1 aromatic heterocycles. The summed E-state index contributed by atoms with van der Waals surface area (Å²) in [6.07, 6.45) is 3.23. The molecule has 0 radical (unpaired) electrons. The lowest BCUT2D eigenvalue weighted by Gasteiger charge is -2.18. The Hall–Kier alpha value is -2.10. The Kier molecular flexibility index (Phi) is 3.54. The third kappa shape index (κ3) is 2.33. The van der Waals surface area contributed by atoms with Gasteiger partial charge in [-0.15, -0.1) is 0 Å². The third-order valence-corrected chi connectivity index (χ3v) is 3.64. The highest BCUT2D eigenvalue weighted by molar-refractivity contribution is 5.92. The molecule has 0 N–H and O–H groups in total. The van der Waals surface area contributed by atoms with Gasteiger partial charge in [-0.2, -0.15) is 0 Å². The van der Waals surface area contributed by atoms with Gasteiger partial charge >= 0.3 is 0 Å². The molecule has 1 aliphatic heterocycles. The second-order valence-electron chi connectivity index (χ2n) is 5.00. The maximum Gasteiger partial charge on any atom is 0.153 e. The van der Waals surface area contributed by atoms with Gasteiger partial charge < -0.3 is 9.64 Å². The summed E-state index contributed by atoms with van der Waals surface area (Å²) in [4.78, 5) is 18.2. The van der Waals surface area contributed by atoms with Crippen molar-refractivity contribution in [2.24, 2.45) is 0 Å². The highest BCUT2D eigenvalue weighted by Crippen LogP contribution is 2.27. The molecule has 3 rings (SSSR count). The molecule has 2 aromatic rings. The van der Waals surface area contributed by atoms with Gasteiger partial charge in [-0.3, -0.25) is 4.79 Å². The van der Waals surface area contributed by atoms with Crippen molar-refractivity contribution in [3.63, 3.8) is 0 Å². The molecule has 1 aromatic carbocycles. The van der Waals surface area contributed by atoms with Crippen LogP contribution in [0, 0.1) is 0 Å². The number of ether oxygens (including phenoxy) is 1. The zero-order valence-electron chi connectivity index (χ0n) is 11.6. The largest absolute Gasteiger partial charge is 0.494 e. The van der Waals surface area contributed by atoms with E-state index in [2.05, 4.69) is 9.88 Å². The Labute approximate surface area is 118 Å². The molecule has 1 saturated heterocycles. The van der Waals surface area contributed by atoms with E-state index in [1.165, 1.54) is 12.8 Å². The number of fused-ring (bicyclic) bond motifs is 1. The molecule has 20 heavy (non-hydrogen) atoms. The molecule has 2 heterocycles. The molecular formula is C16H18N2O2. The van der Waals surface area contributed by atoms with Crippen molar-refractivity contribution in [3.8, 4) is 5.75 Å². The number of aldehydes is 1. The number of benzene rings is 1. The fourth-order valence-electron chi connectivity index (χ4n) is 2.69. The number of hydrogen-bond acceptors (Lipinski definition) is 4. The van der Waals surface area contributed by atoms with Gasteiger partial charge in [0, 0.05) is 18.5 Å². The molecular weight excluding hydrogens is 252 g/mol. The highest BCUT2D eigenvalue weighted by Gasteiger charge is 2.18. The lowest BCUT2D eigenvalue weighted by molar-refractivity contribution is 0.112. The van der Waals surface area contributed by atoms with Crippen LogP contribution in [0.3, 0.4) is 0 Å². The summed E-state index contributed by atoms with van der Waals surface area (Å²) >= 11 is 0. The molecule has 1 fully saturated rings. The maximum absolute atomic E-state index is 11.3. The standard InChI is InChI=1S/C16H18N2O2/c1-2-20-14-5-6-15-12(10-14)9-13(11-19)16(17-15)18-7-3-4-8-18/h5-6,9-11H,2-4,7-8H2,1H3. The third-order valence-electron chi connectivity index (χ3n) is 3.64. The summed E-state index contributed by atoms with van der Waals surface area (Å²) < 4.78 is 5.49. The van der Waals surface area contributed by atoms with Gasteiger partial charge in [0.1, 0.15) is 11.6 Å². The van der Waals surface area contributed by atoms with E-state index in [1.807, 2.05) is 31.2 Å². The first-order chi connectivity index (χ1) is 9.81. The van der Waals surface area contributed by atoms with Crippen LogP contribution in [0.4, 0.5) is 5.82 Å². The lowest BCUT2D eigenvalue weighted by atomic mass is 10.1. The van der Waals surface area contributed by atoms with E-state index in [9.17, 15) is 4.79 Å². The van der Waals surface area contributed by atoms with Crippen molar-refractivity contribution in [2.75, 3.05) is 24.6 Å². The minimum atomic E-state index is 0.630. The maximum atomic E-state index is 11.3. The Morgan fingerprint density at radius 2 is 2.10 bits per heavy atom. The van der Waals surface area contributed by atoms with Gasteiger partial charge in [0.05, 0.1) is 17.7 Å². The van der Waals surface area contributed by atoms with Crippen LogP contribution in [-0.2, 0) is 0 Å². The molecule has 4 nitrogen and oxygen atoms in total. The van der Waals surface area contributed by atoms with Crippen LogP contribution >= 0.6 is 0 Å². The smallest absolute Gasteiger partial charge is 0.153 e. The van der Waals surface area contributed by atoms with E-state index in [0.717, 1.165) is 41.8 Å². The summed E-state index contributed by atoms with van der Waals surface area (Å²) in [7, 11) is 0. The van der Waals surface area contributed by atoms with Gasteiger partial charge in [0.25, 0.3) is 0 Å². The summed E-state index contributed by atoms with van der Waals surface area (Å²) in [5.41, 5.74) is 1.56. The normalized spacial score (nSPS) is 14.8. The fourth-order valence-corrected chi connectivity index (χ4v) is 2.69. The number of carbonyl (C=O) groups is 1. The SMILES string of the molecule is CCOc1ccc2nc(N3CCCC3)c(C=O)cc2c1. The predicted octanol–water partition coefficient (Wildman–Crippen LogP) is 3.05. The molecule has 0 spiro atoms. The van der Waals surface area contributed by atoms with Gasteiger partial charge in [-0.25, -0.2) is 4.98 Å². The van der Waals surface area contributed by atoms with Crippen molar-refractivity contribution in [1.82, 2.24) is 4.98 Å². The van der Waals surface area contributed by atoms with Gasteiger partial charge in [0.15, 0.2) is 6.29 Å². The van der Waals surface area contributed by atoms with Crippen LogP contribution in [0.25, 0.3) is 10.9 Å². The van der Waals surface area contributed by atoms with E-state index in [4.69, 9.17) is 4.74 Å². The van der Waals surface area contributed by atoms with Crippen LogP contribution in [0.2, 0.25) is 0 Å². The number of anilines is 1. The van der Waals surface area contributed by atoms with Crippen molar-refractivity contribution in [2.45, 2.75) is 19.8 Å². The predicted molar refractivity (Wildman–Crippen MR) is 79.7 cm³/mol. The average molecular weight is 270 g/mol. The molecule has 1 aliphatic rings. The van der Waals surface area contributed by atoms with E-state index in [-0.39, 0.29) is 0 Å². The summed E-state index contributed by atoms with van der Waals surface area (Å²) in [6, 6.07) is 7.72. The number of carbonyl (C=O) groups excluding carboxylic acids is 1. The Morgan fingerprint density at radius 3 is 2.80 bits per heavy atom. The number of pyridine rings is 1. The Morgan fingerprint density at radius 1 is 1.30 bits per heavy atom. The first-order valence-electron chi connectivity index (χ1n) is 7.09. The summed E-state index contributed by atoms with van der Waals surface area (Å²) in [6.45, 7) is 4.55. The summed E-state index contributed by atoms with van der Waals surface area (Å²) in [5.74, 6) is 1.63. The molecule has 104 valence electrons. The van der Waals surface area contributed by atoms with E-state index in [1.54, 1.807) is 0 Å². The van der Waals surface area contributed by atoms with Crippen LogP contribution in [0.15, 0.2) is 24.3 Å². The van der Waals surface area contributed by atoms with Crippen molar-refractivity contribution in [3.05, 3.63) is 29.8 Å². The van der Waals surface area contributed by atoms with Gasteiger partial charge in [-0.05, 0) is 44.0 Å². The van der Waals surface area contributed by atoms with Gasteiger partial charge in [-0.1, -0.05) is 0 Å². The molecule has 0 unspecified atom stereocenters. The zero-order valence-corrected chi connectivity index (χ0v) is 11.6. The average Bonchev–Trinajstić information content (AvgIpc) is 3.00. The minimum Gasteiger partial charge on any atom is -0.494 e. The number of nitrogens with zero attached hydrogens (tertiary/aromatic N) is 2. The second-order valence-corrected chi connectivity index (χ2v) is 5.00. The first kappa shape index (κ1) is 12.9. The molecule has 4 heteroatoms. The van der Waals surface area contributed by atoms with E-state index in [0.29, 0.717) is 12.2 Å². The van der Waals surface area contributed by atoms with Crippen LogP contribution in [0.5, 0.6) is 5.75 Å². The molecule has 0 aliphatic carbocycles. The molecule has 0 saturated carbocycles. The highest BCUT2D eigenvalue weighted by atomic mass is 16.5. The zero-order chi connectivity index (χ0) is 13.9. The van der Waals surface area contributed by atoms with Crippen LogP contribution in [0.1, 0.15) is 30.1 Å². The van der Waals surface area contributed by atoms with Crippen molar-refractivity contribution < 1.29 is 9.53 Å². The number of aromatic nitrogens is 1. The topological polar surface area (TPSA) is 42.4 Å². The van der Waals surface area contributed by atoms with Crippen molar-refractivity contribution in [1.29, 1.82) is 0 Å². The molecule has 0 bridgehead atoms. The molecule has 0 amide bonds.